The molecule has 0 bridgehead atoms. The third-order valence-electron chi connectivity index (χ3n) is 10.5. The number of esters is 1. The van der Waals surface area contributed by atoms with Gasteiger partial charge in [0.25, 0.3) is 0 Å². The van der Waals surface area contributed by atoms with Gasteiger partial charge in [0.15, 0.2) is 0 Å². The van der Waals surface area contributed by atoms with Gasteiger partial charge in [-0.25, -0.2) is 4.79 Å². The van der Waals surface area contributed by atoms with Crippen LogP contribution in [0.4, 0.5) is 0 Å². The normalized spacial score (nSPS) is 13.4. The van der Waals surface area contributed by atoms with Crippen molar-refractivity contribution in [2.24, 2.45) is 5.73 Å². The zero-order chi connectivity index (χ0) is 43.8. The number of aliphatic carboxylic acids is 1. The van der Waals surface area contributed by atoms with Gasteiger partial charge in [-0.1, -0.05) is 170 Å². The molecule has 0 aromatic carbocycles. The molecule has 7 nitrogen and oxygen atoms in total. The molecule has 0 aliphatic carbocycles. The number of nitrogens with two attached hydrogens (primary N) is 1. The molecule has 0 aliphatic heterocycles. The van der Waals surface area contributed by atoms with Crippen LogP contribution in [0, 0.1) is 0 Å². The Morgan fingerprint density at radius 1 is 0.500 bits per heavy atom. The molecular formula is C53H90N2O5. The molecule has 0 rings (SSSR count). The lowest BCUT2D eigenvalue weighted by molar-refractivity contribution is -0.150. The quantitative estimate of drug-likeness (QED) is 0.0320. The fraction of sp³-hybridized carbons (Fsp3) is 0.679. The lowest BCUT2D eigenvalue weighted by Gasteiger charge is -2.17. The number of carboxylic acid groups (broad SMARTS) is 1. The van der Waals surface area contributed by atoms with Crippen molar-refractivity contribution >= 4 is 17.8 Å². The Balaban J connectivity index is 4.40. The van der Waals surface area contributed by atoms with E-state index in [4.69, 9.17) is 10.5 Å². The van der Waals surface area contributed by atoms with Crippen LogP contribution in [0.5, 0.6) is 0 Å². The zero-order valence-electron chi connectivity index (χ0n) is 38.5. The van der Waals surface area contributed by atoms with Crippen LogP contribution in [0.1, 0.15) is 213 Å². The van der Waals surface area contributed by atoms with Crippen molar-refractivity contribution in [1.82, 2.24) is 5.32 Å². The minimum Gasteiger partial charge on any atom is -0.480 e. The molecule has 60 heavy (non-hydrogen) atoms. The highest BCUT2D eigenvalue weighted by molar-refractivity contribution is 5.83. The Morgan fingerprint density at radius 2 is 0.950 bits per heavy atom. The van der Waals surface area contributed by atoms with E-state index in [-0.39, 0.29) is 18.0 Å². The Labute approximate surface area is 368 Å². The number of hydrogen-bond donors (Lipinski definition) is 3. The van der Waals surface area contributed by atoms with Crippen molar-refractivity contribution < 1.29 is 24.2 Å². The number of unbranched alkanes of at least 4 members (excludes halogenated alkanes) is 15. The molecule has 0 saturated carbocycles. The van der Waals surface area contributed by atoms with E-state index in [0.717, 1.165) is 116 Å². The average molecular weight is 835 g/mol. The van der Waals surface area contributed by atoms with Crippen LogP contribution >= 0.6 is 0 Å². The summed E-state index contributed by atoms with van der Waals surface area (Å²) in [5.74, 6) is -1.30. The lowest BCUT2D eigenvalue weighted by atomic mass is 10.0. The topological polar surface area (TPSA) is 119 Å². The number of nitrogens with one attached hydrogen (secondary N) is 1. The maximum atomic E-state index is 12.8. The number of ether oxygens (including phenoxy) is 1. The average Bonchev–Trinajstić information content (AvgIpc) is 3.23. The summed E-state index contributed by atoms with van der Waals surface area (Å²) in [6.07, 6.45) is 62.1. The van der Waals surface area contributed by atoms with Gasteiger partial charge in [-0.05, 0) is 122 Å². The van der Waals surface area contributed by atoms with E-state index in [1.807, 2.05) is 0 Å². The maximum Gasteiger partial charge on any atom is 0.326 e. The largest absolute Gasteiger partial charge is 0.480 e. The molecule has 0 spiro atoms. The van der Waals surface area contributed by atoms with Crippen molar-refractivity contribution in [1.29, 1.82) is 0 Å². The highest BCUT2D eigenvalue weighted by Gasteiger charge is 2.19. The van der Waals surface area contributed by atoms with E-state index < -0.39 is 12.0 Å². The first-order valence-electron chi connectivity index (χ1n) is 24.4. The standard InChI is InChI=1S/C53H90N2O5/c1-3-5-7-9-11-13-15-17-18-19-20-21-22-23-24-26-28-30-32-37-41-47-52(57)60-49(43-38-34-31-29-27-25-16-14-12-10-8-6-4-2)44-39-35-33-36-40-46-51(56)55-50(53(58)59)45-42-48-54/h6,8,12,14-15,17,19-20,22-23,25,27,31,34,49-50H,3-5,7,9-11,13,16,18,21,24,26,28-30,32-33,35-48,54H2,1-2H3,(H,55,56)(H,58,59)/b8-6-,14-12-,17-15-,20-19-,23-22-,27-25-,34-31-. The van der Waals surface area contributed by atoms with E-state index in [1.165, 1.54) is 57.8 Å². The maximum absolute atomic E-state index is 12.8. The Kier molecular flexibility index (Phi) is 43.9. The second-order valence-corrected chi connectivity index (χ2v) is 16.1. The molecule has 4 N–H and O–H groups in total. The lowest BCUT2D eigenvalue weighted by Crippen LogP contribution is -2.40. The predicted octanol–water partition coefficient (Wildman–Crippen LogP) is 14.5. The van der Waals surface area contributed by atoms with Crippen molar-refractivity contribution in [2.75, 3.05) is 6.54 Å². The zero-order valence-corrected chi connectivity index (χ0v) is 38.5. The number of carbonyl (C=O) groups excluding carboxylic acids is 2. The molecule has 342 valence electrons. The summed E-state index contributed by atoms with van der Waals surface area (Å²) in [5, 5.41) is 12.0. The van der Waals surface area contributed by atoms with Crippen LogP contribution in [0.3, 0.4) is 0 Å². The molecule has 2 unspecified atom stereocenters. The number of hydrogen-bond acceptors (Lipinski definition) is 5. The van der Waals surface area contributed by atoms with Crippen molar-refractivity contribution in [3.05, 3.63) is 85.1 Å². The molecule has 0 aromatic heterocycles. The third kappa shape index (κ3) is 42.7. The highest BCUT2D eigenvalue weighted by atomic mass is 16.5. The molecule has 2 atom stereocenters. The van der Waals surface area contributed by atoms with E-state index >= 15 is 0 Å². The van der Waals surface area contributed by atoms with Crippen molar-refractivity contribution in [3.8, 4) is 0 Å². The Morgan fingerprint density at radius 3 is 1.47 bits per heavy atom. The van der Waals surface area contributed by atoms with Gasteiger partial charge in [-0.2, -0.15) is 0 Å². The van der Waals surface area contributed by atoms with Gasteiger partial charge in [-0.15, -0.1) is 0 Å². The summed E-state index contributed by atoms with van der Waals surface area (Å²) >= 11 is 0. The summed E-state index contributed by atoms with van der Waals surface area (Å²) in [6, 6.07) is -0.870. The first-order chi connectivity index (χ1) is 29.4. The van der Waals surface area contributed by atoms with Crippen LogP contribution < -0.4 is 11.1 Å². The van der Waals surface area contributed by atoms with E-state index in [9.17, 15) is 19.5 Å². The van der Waals surface area contributed by atoms with Gasteiger partial charge >= 0.3 is 11.9 Å². The molecule has 0 saturated heterocycles. The van der Waals surface area contributed by atoms with Gasteiger partial charge in [0.05, 0.1) is 0 Å². The van der Waals surface area contributed by atoms with Crippen LogP contribution in [-0.4, -0.2) is 41.6 Å². The van der Waals surface area contributed by atoms with Gasteiger partial charge in [0.1, 0.15) is 12.1 Å². The van der Waals surface area contributed by atoms with Crippen molar-refractivity contribution in [2.45, 2.75) is 225 Å². The number of amides is 1. The van der Waals surface area contributed by atoms with E-state index in [0.29, 0.717) is 32.2 Å². The monoisotopic (exact) mass is 835 g/mol. The SMILES string of the molecule is CC/C=C\C/C=C\C/C=C\C/C=C\CCC(CCCCCCCC(=O)NC(CCCN)C(=O)O)OC(=O)CCCCCCCC/C=C\C/C=C\C/C=C\CCCCCCC. The molecular weight excluding hydrogens is 745 g/mol. The molecule has 0 heterocycles. The molecule has 1 amide bonds. The first kappa shape index (κ1) is 56.5. The third-order valence-corrected chi connectivity index (χ3v) is 10.5. The first-order valence-corrected chi connectivity index (χ1v) is 24.4. The summed E-state index contributed by atoms with van der Waals surface area (Å²) < 4.78 is 6.02. The smallest absolute Gasteiger partial charge is 0.326 e. The number of allylic oxidation sites excluding steroid dienone is 14. The number of rotatable bonds is 43. The van der Waals surface area contributed by atoms with E-state index in [1.54, 1.807) is 0 Å². The van der Waals surface area contributed by atoms with Crippen LogP contribution in [0.25, 0.3) is 0 Å². The van der Waals surface area contributed by atoms with Crippen LogP contribution in [-0.2, 0) is 19.1 Å². The summed E-state index contributed by atoms with van der Waals surface area (Å²) in [5.41, 5.74) is 5.49. The van der Waals surface area contributed by atoms with Gasteiger partial charge in [-0.3, -0.25) is 9.59 Å². The molecule has 0 aromatic rings. The number of carbonyl (C=O) groups is 3. The Hall–Kier alpha value is -3.45. The van der Waals surface area contributed by atoms with Crippen LogP contribution in [0.2, 0.25) is 0 Å². The molecule has 0 fully saturated rings. The minimum atomic E-state index is -1.01. The van der Waals surface area contributed by atoms with Crippen LogP contribution in [0.15, 0.2) is 85.1 Å². The molecule has 0 aliphatic rings. The summed E-state index contributed by atoms with van der Waals surface area (Å²) in [6.45, 7) is 4.81. The number of carboxylic acids is 1. The Bertz CT molecular complexity index is 1210. The summed E-state index contributed by atoms with van der Waals surface area (Å²) in [4.78, 5) is 36.5. The molecule has 0 radical (unpaired) electrons. The fourth-order valence-electron chi connectivity index (χ4n) is 6.80. The highest BCUT2D eigenvalue weighted by Crippen LogP contribution is 2.17. The fourth-order valence-corrected chi connectivity index (χ4v) is 6.80. The minimum absolute atomic E-state index is 0.0738. The molecule has 7 heteroatoms. The van der Waals surface area contributed by atoms with Gasteiger partial charge in [0, 0.05) is 12.8 Å². The van der Waals surface area contributed by atoms with Crippen molar-refractivity contribution in [3.63, 3.8) is 0 Å². The van der Waals surface area contributed by atoms with E-state index in [2.05, 4.69) is 104 Å². The van der Waals surface area contributed by atoms with Gasteiger partial charge < -0.3 is 20.9 Å². The second-order valence-electron chi connectivity index (χ2n) is 16.1. The second kappa shape index (κ2) is 46.6. The van der Waals surface area contributed by atoms with Gasteiger partial charge in [0.2, 0.25) is 5.91 Å². The predicted molar refractivity (Wildman–Crippen MR) is 257 cm³/mol. The summed E-state index contributed by atoms with van der Waals surface area (Å²) in [7, 11) is 0.